The number of pyridine rings is 1. The van der Waals surface area contributed by atoms with Crippen molar-refractivity contribution in [3.05, 3.63) is 73.4 Å². The molecule has 11 nitrogen and oxygen atoms in total. The lowest BCUT2D eigenvalue weighted by Crippen LogP contribution is -2.31. The summed E-state index contributed by atoms with van der Waals surface area (Å²) in [6.45, 7) is 1.89. The molecule has 0 fully saturated rings. The van der Waals surface area contributed by atoms with Crippen LogP contribution in [-0.4, -0.2) is 21.0 Å². The molecule has 0 radical (unpaired) electrons. The van der Waals surface area contributed by atoms with Gasteiger partial charge in [0.1, 0.15) is 10.6 Å². The standard InChI is InChI=1S/C16H12N6O5S/c1-10-3-2-6-20(9-10)15-14(28-16(23)18-15)8-17-19-12-5-4-11(21(24)25)7-13(12)22(26)27/h2-9,19H,1H3. The Hall–Kier alpha value is -3.93. The fraction of sp³-hybridized carbons (Fsp3) is 0.0625. The van der Waals surface area contributed by atoms with Gasteiger partial charge in [-0.15, -0.1) is 0 Å². The van der Waals surface area contributed by atoms with Crippen molar-refractivity contribution in [2.45, 2.75) is 6.92 Å². The highest BCUT2D eigenvalue weighted by Crippen LogP contribution is 2.29. The van der Waals surface area contributed by atoms with Crippen molar-refractivity contribution >= 4 is 34.6 Å². The summed E-state index contributed by atoms with van der Waals surface area (Å²) in [5.74, 6) is 0.377. The van der Waals surface area contributed by atoms with Crippen LogP contribution in [-0.2, 0) is 0 Å². The van der Waals surface area contributed by atoms with Crippen LogP contribution in [0.4, 0.5) is 17.1 Å². The van der Waals surface area contributed by atoms with Gasteiger partial charge in [0.15, 0.2) is 5.19 Å². The molecule has 28 heavy (non-hydrogen) atoms. The highest BCUT2D eigenvalue weighted by atomic mass is 32.1. The minimum atomic E-state index is -0.749. The summed E-state index contributed by atoms with van der Waals surface area (Å²) in [7, 11) is 0. The highest BCUT2D eigenvalue weighted by molar-refractivity contribution is 7.15. The Morgan fingerprint density at radius 3 is 2.71 bits per heavy atom. The number of nitrogens with zero attached hydrogens (tertiary/aromatic N) is 5. The molecule has 142 valence electrons. The van der Waals surface area contributed by atoms with Crippen LogP contribution in [0.3, 0.4) is 0 Å². The number of rotatable bonds is 6. The van der Waals surface area contributed by atoms with Crippen LogP contribution in [0.15, 0.2) is 47.8 Å². The van der Waals surface area contributed by atoms with Crippen LogP contribution in [0.1, 0.15) is 10.4 Å². The molecule has 0 unspecified atom stereocenters. The number of thiazole rings is 1. The molecule has 0 amide bonds. The molecule has 0 aliphatic heterocycles. The van der Waals surface area contributed by atoms with Gasteiger partial charge in [0, 0.05) is 6.07 Å². The van der Waals surface area contributed by atoms with E-state index in [0.717, 1.165) is 29.0 Å². The van der Waals surface area contributed by atoms with E-state index in [4.69, 9.17) is 0 Å². The highest BCUT2D eigenvalue weighted by Gasteiger charge is 2.20. The molecule has 0 aliphatic rings. The zero-order chi connectivity index (χ0) is 20.3. The first-order valence-electron chi connectivity index (χ1n) is 7.73. The molecular weight excluding hydrogens is 388 g/mol. The van der Waals surface area contributed by atoms with Crippen molar-refractivity contribution in [1.29, 1.82) is 0 Å². The third-order valence-corrected chi connectivity index (χ3v) is 4.34. The van der Waals surface area contributed by atoms with E-state index in [1.807, 2.05) is 13.0 Å². The van der Waals surface area contributed by atoms with E-state index in [9.17, 15) is 25.3 Å². The lowest BCUT2D eigenvalue weighted by atomic mass is 10.2. The third kappa shape index (κ3) is 4.07. The van der Waals surface area contributed by atoms with Crippen molar-refractivity contribution in [1.82, 2.24) is 4.98 Å². The molecule has 0 bridgehead atoms. The van der Waals surface area contributed by atoms with Gasteiger partial charge in [-0.05, 0) is 29.6 Å². The van der Waals surface area contributed by atoms with Gasteiger partial charge in [0.2, 0.25) is 0 Å². The zero-order valence-electron chi connectivity index (χ0n) is 14.3. The molecule has 2 heterocycles. The molecule has 0 atom stereocenters. The fourth-order valence-corrected chi connectivity index (χ4v) is 3.01. The minimum Gasteiger partial charge on any atom is -0.831 e. The largest absolute Gasteiger partial charge is 0.831 e. The average Bonchev–Trinajstić information content (AvgIpc) is 3.02. The third-order valence-electron chi connectivity index (χ3n) is 3.56. The van der Waals surface area contributed by atoms with Gasteiger partial charge >= 0.3 is 11.5 Å². The molecule has 0 spiro atoms. The van der Waals surface area contributed by atoms with E-state index in [0.29, 0.717) is 10.7 Å². The maximum Gasteiger partial charge on any atom is 0.346 e. The number of hydrogen-bond acceptors (Lipinski definition) is 9. The molecule has 3 rings (SSSR count). The van der Waals surface area contributed by atoms with E-state index >= 15 is 0 Å². The van der Waals surface area contributed by atoms with Gasteiger partial charge in [0.05, 0.1) is 34.5 Å². The van der Waals surface area contributed by atoms with Crippen molar-refractivity contribution in [2.75, 3.05) is 5.43 Å². The van der Waals surface area contributed by atoms with Crippen LogP contribution in [0.25, 0.3) is 5.82 Å². The van der Waals surface area contributed by atoms with E-state index in [2.05, 4.69) is 15.5 Å². The summed E-state index contributed by atoms with van der Waals surface area (Å²) in [5, 5.41) is 37.1. The summed E-state index contributed by atoms with van der Waals surface area (Å²) in [6, 6.07) is 6.85. The van der Waals surface area contributed by atoms with Gasteiger partial charge in [-0.2, -0.15) is 5.10 Å². The Labute approximate surface area is 161 Å². The van der Waals surface area contributed by atoms with Gasteiger partial charge in [-0.25, -0.2) is 4.57 Å². The zero-order valence-corrected chi connectivity index (χ0v) is 15.1. The number of benzene rings is 1. The first kappa shape index (κ1) is 18.8. The Bertz CT molecular complexity index is 1100. The van der Waals surface area contributed by atoms with E-state index in [1.165, 1.54) is 12.3 Å². The summed E-state index contributed by atoms with van der Waals surface area (Å²) >= 11 is 0.867. The minimum absolute atomic E-state index is 0.0246. The van der Waals surface area contributed by atoms with Crippen LogP contribution < -0.4 is 15.1 Å². The Balaban J connectivity index is 1.88. The van der Waals surface area contributed by atoms with Crippen molar-refractivity contribution in [3.63, 3.8) is 0 Å². The molecular formula is C16H12N6O5S. The van der Waals surface area contributed by atoms with Crippen LogP contribution in [0, 0.1) is 27.2 Å². The van der Waals surface area contributed by atoms with Crippen molar-refractivity contribution < 1.29 is 19.5 Å². The van der Waals surface area contributed by atoms with Crippen LogP contribution in [0.5, 0.6) is 5.19 Å². The second kappa shape index (κ2) is 7.75. The predicted molar refractivity (Wildman–Crippen MR) is 98.8 cm³/mol. The molecule has 2 aromatic heterocycles. The molecule has 3 aromatic rings. The quantitative estimate of drug-likeness (QED) is 0.288. The molecule has 0 aliphatic carbocycles. The molecule has 12 heteroatoms. The normalized spacial score (nSPS) is 10.9. The van der Waals surface area contributed by atoms with E-state index in [-0.39, 0.29) is 5.69 Å². The average molecular weight is 400 g/mol. The van der Waals surface area contributed by atoms with E-state index < -0.39 is 26.4 Å². The first-order chi connectivity index (χ1) is 13.3. The van der Waals surface area contributed by atoms with Gasteiger partial charge in [-0.1, -0.05) is 17.4 Å². The monoisotopic (exact) mass is 400 g/mol. The first-order valence-corrected chi connectivity index (χ1v) is 8.55. The van der Waals surface area contributed by atoms with Crippen molar-refractivity contribution in [3.8, 4) is 11.0 Å². The number of aryl methyl sites for hydroxylation is 1. The maximum absolute atomic E-state index is 11.7. The molecule has 0 saturated carbocycles. The van der Waals surface area contributed by atoms with E-state index in [1.54, 1.807) is 23.0 Å². The maximum atomic E-state index is 11.7. The summed E-state index contributed by atoms with van der Waals surface area (Å²) in [5.41, 5.74) is 2.52. The SMILES string of the molecule is Cc1ccc[n+](-c2nc([O-])sc2/C=N\Nc2ccc([N+](=O)[O-])cc2[N+](=O)[O-])c1. The fourth-order valence-electron chi connectivity index (χ4n) is 2.34. The number of nitro benzene ring substituents is 2. The Kier molecular flexibility index (Phi) is 5.22. The van der Waals surface area contributed by atoms with Crippen LogP contribution >= 0.6 is 11.3 Å². The van der Waals surface area contributed by atoms with Crippen molar-refractivity contribution in [2.24, 2.45) is 5.10 Å². The summed E-state index contributed by atoms with van der Waals surface area (Å²) < 4.78 is 1.67. The molecule has 1 aromatic carbocycles. The van der Waals surface area contributed by atoms with Gasteiger partial charge in [-0.3, -0.25) is 25.7 Å². The number of hydrazone groups is 1. The summed E-state index contributed by atoms with van der Waals surface area (Å²) in [4.78, 5) is 24.8. The smallest absolute Gasteiger partial charge is 0.346 e. The Morgan fingerprint density at radius 1 is 1.25 bits per heavy atom. The van der Waals surface area contributed by atoms with Crippen LogP contribution in [0.2, 0.25) is 0 Å². The number of anilines is 1. The number of non-ortho nitro benzene ring substituents is 1. The van der Waals surface area contributed by atoms with Gasteiger partial charge in [0.25, 0.3) is 5.69 Å². The second-order valence-corrected chi connectivity index (χ2v) is 6.54. The number of nitrogens with one attached hydrogen (secondary N) is 1. The predicted octanol–water partition coefficient (Wildman–Crippen LogP) is 2.06. The number of hydrogen-bond donors (Lipinski definition) is 1. The molecule has 1 N–H and O–H groups in total. The lowest BCUT2D eigenvalue weighted by Gasteiger charge is -2.01. The number of nitro groups is 2. The second-order valence-electron chi connectivity index (χ2n) is 5.54. The summed E-state index contributed by atoms with van der Waals surface area (Å²) in [6.07, 6.45) is 4.84. The molecule has 0 saturated heterocycles. The van der Waals surface area contributed by atoms with Gasteiger partial charge < -0.3 is 5.11 Å². The topological polar surface area (TPSA) is 151 Å². The Morgan fingerprint density at radius 2 is 2.04 bits per heavy atom. The number of aromatic nitrogens is 2. The lowest BCUT2D eigenvalue weighted by molar-refractivity contribution is -0.600.